The number of likely N-dealkylation sites (tertiary alicyclic amines) is 1. The zero-order chi connectivity index (χ0) is 25.3. The first-order valence-electron chi connectivity index (χ1n) is 12.2. The number of carbonyl (C=O) groups excluding carboxylic acids is 2. The number of alkyl carbamates (subject to hydrolysis) is 1. The summed E-state index contributed by atoms with van der Waals surface area (Å²) in [5.41, 5.74) is 4.01. The van der Waals surface area contributed by atoms with E-state index in [2.05, 4.69) is 29.6 Å². The smallest absolute Gasteiger partial charge is 0.407 e. The van der Waals surface area contributed by atoms with Crippen molar-refractivity contribution in [3.8, 4) is 11.1 Å². The van der Waals surface area contributed by atoms with Crippen LogP contribution < -0.4 is 5.32 Å². The lowest BCUT2D eigenvalue weighted by Gasteiger charge is -2.33. The van der Waals surface area contributed by atoms with Crippen molar-refractivity contribution >= 4 is 18.0 Å². The lowest BCUT2D eigenvalue weighted by molar-refractivity contribution is -0.139. The fraction of sp³-hybridized carbons (Fsp3) is 0.464. The fourth-order valence-electron chi connectivity index (χ4n) is 5.29. The van der Waals surface area contributed by atoms with Crippen molar-refractivity contribution in [3.05, 3.63) is 59.7 Å². The molecule has 186 valence electrons. The molecule has 1 aliphatic carbocycles. The Kier molecular flexibility index (Phi) is 6.88. The standard InChI is InChI=1S/C28H34N2O5/c1-17-14-30(15-18(17)13-24(31)32)26(33)25(28(2,3)4)29-27(34)35-16-23-21-11-7-5-9-19(21)20-10-6-8-12-22(20)23/h5-12,17-18,23,25H,13-16H2,1-4H3,(H,29,34)(H,31,32). The van der Waals surface area contributed by atoms with Gasteiger partial charge >= 0.3 is 12.1 Å². The first-order chi connectivity index (χ1) is 16.6. The maximum atomic E-state index is 13.4. The third kappa shape index (κ3) is 5.19. The van der Waals surface area contributed by atoms with E-state index in [1.165, 1.54) is 0 Å². The summed E-state index contributed by atoms with van der Waals surface area (Å²) in [5.74, 6) is -1.13. The number of carbonyl (C=O) groups is 3. The SMILES string of the molecule is CC1CN(C(=O)C(NC(=O)OCC2c3ccccc3-c3ccccc32)C(C)(C)C)CC1CC(=O)O. The molecular weight excluding hydrogens is 444 g/mol. The topological polar surface area (TPSA) is 95.9 Å². The van der Waals surface area contributed by atoms with Crippen LogP contribution in [0.15, 0.2) is 48.5 Å². The molecule has 35 heavy (non-hydrogen) atoms. The van der Waals surface area contributed by atoms with Gasteiger partial charge in [0, 0.05) is 19.0 Å². The van der Waals surface area contributed by atoms with Crippen LogP contribution in [0.5, 0.6) is 0 Å². The van der Waals surface area contributed by atoms with Gasteiger partial charge in [-0.2, -0.15) is 0 Å². The first-order valence-corrected chi connectivity index (χ1v) is 12.2. The zero-order valence-corrected chi connectivity index (χ0v) is 20.8. The molecule has 1 fully saturated rings. The van der Waals surface area contributed by atoms with E-state index in [0.29, 0.717) is 13.1 Å². The zero-order valence-electron chi connectivity index (χ0n) is 20.8. The molecule has 1 saturated heterocycles. The second-order valence-electron chi connectivity index (χ2n) is 10.8. The largest absolute Gasteiger partial charge is 0.481 e. The third-order valence-corrected chi connectivity index (χ3v) is 7.24. The summed E-state index contributed by atoms with van der Waals surface area (Å²) in [7, 11) is 0. The molecule has 0 saturated carbocycles. The van der Waals surface area contributed by atoms with Crippen LogP contribution in [0.3, 0.4) is 0 Å². The van der Waals surface area contributed by atoms with Gasteiger partial charge in [0.2, 0.25) is 5.91 Å². The van der Waals surface area contributed by atoms with Crippen LogP contribution in [0.4, 0.5) is 4.79 Å². The quantitative estimate of drug-likeness (QED) is 0.637. The predicted octanol–water partition coefficient (Wildman–Crippen LogP) is 4.51. The molecule has 0 radical (unpaired) electrons. The van der Waals surface area contributed by atoms with Crippen molar-refractivity contribution in [3.63, 3.8) is 0 Å². The maximum absolute atomic E-state index is 13.4. The Labute approximate surface area is 206 Å². The molecule has 2 aromatic carbocycles. The molecule has 2 aliphatic rings. The van der Waals surface area contributed by atoms with Gasteiger partial charge in [-0.3, -0.25) is 9.59 Å². The van der Waals surface area contributed by atoms with Crippen molar-refractivity contribution in [2.45, 2.75) is 46.1 Å². The van der Waals surface area contributed by atoms with Crippen molar-refractivity contribution < 1.29 is 24.2 Å². The van der Waals surface area contributed by atoms with Crippen molar-refractivity contribution in [1.82, 2.24) is 10.2 Å². The number of carboxylic acids is 1. The van der Waals surface area contributed by atoms with E-state index in [4.69, 9.17) is 9.84 Å². The minimum absolute atomic E-state index is 0.0327. The van der Waals surface area contributed by atoms with E-state index < -0.39 is 23.5 Å². The highest BCUT2D eigenvalue weighted by molar-refractivity contribution is 5.87. The number of benzene rings is 2. The second-order valence-corrected chi connectivity index (χ2v) is 10.8. The predicted molar refractivity (Wildman–Crippen MR) is 133 cm³/mol. The Morgan fingerprint density at radius 2 is 1.60 bits per heavy atom. The van der Waals surface area contributed by atoms with Gasteiger partial charge in [0.25, 0.3) is 0 Å². The molecule has 2 N–H and O–H groups in total. The second kappa shape index (κ2) is 9.72. The number of hydrogen-bond donors (Lipinski definition) is 2. The molecule has 2 amide bonds. The summed E-state index contributed by atoms with van der Waals surface area (Å²) in [5, 5.41) is 12.0. The van der Waals surface area contributed by atoms with Crippen LogP contribution in [0, 0.1) is 17.3 Å². The maximum Gasteiger partial charge on any atom is 0.407 e. The number of carboxylic acid groups (broad SMARTS) is 1. The fourth-order valence-corrected chi connectivity index (χ4v) is 5.29. The van der Waals surface area contributed by atoms with Gasteiger partial charge in [0.1, 0.15) is 12.6 Å². The molecule has 0 spiro atoms. The van der Waals surface area contributed by atoms with Crippen molar-refractivity contribution in [1.29, 1.82) is 0 Å². The number of hydrogen-bond acceptors (Lipinski definition) is 4. The Morgan fingerprint density at radius 3 is 2.14 bits per heavy atom. The van der Waals surface area contributed by atoms with Crippen LogP contribution in [-0.4, -0.2) is 53.7 Å². The highest BCUT2D eigenvalue weighted by Gasteiger charge is 2.41. The number of fused-ring (bicyclic) bond motifs is 3. The van der Waals surface area contributed by atoms with E-state index in [-0.39, 0.29) is 36.7 Å². The Morgan fingerprint density at radius 1 is 1.03 bits per heavy atom. The lowest BCUT2D eigenvalue weighted by atomic mass is 9.86. The van der Waals surface area contributed by atoms with Gasteiger partial charge < -0.3 is 20.1 Å². The molecule has 7 nitrogen and oxygen atoms in total. The summed E-state index contributed by atoms with van der Waals surface area (Å²) >= 11 is 0. The molecule has 7 heteroatoms. The van der Waals surface area contributed by atoms with Gasteiger partial charge in [-0.05, 0) is 39.5 Å². The molecule has 1 heterocycles. The summed E-state index contributed by atoms with van der Waals surface area (Å²) in [6.07, 6.45) is -0.597. The van der Waals surface area contributed by atoms with Crippen LogP contribution in [0.2, 0.25) is 0 Å². The van der Waals surface area contributed by atoms with Gasteiger partial charge in [0.15, 0.2) is 0 Å². The molecule has 1 aliphatic heterocycles. The van der Waals surface area contributed by atoms with Gasteiger partial charge in [-0.1, -0.05) is 76.2 Å². The van der Waals surface area contributed by atoms with Crippen LogP contribution in [0.25, 0.3) is 11.1 Å². The number of rotatable bonds is 6. The van der Waals surface area contributed by atoms with Crippen molar-refractivity contribution in [2.75, 3.05) is 19.7 Å². The van der Waals surface area contributed by atoms with Crippen molar-refractivity contribution in [2.24, 2.45) is 17.3 Å². The number of nitrogens with zero attached hydrogens (tertiary/aromatic N) is 1. The summed E-state index contributed by atoms with van der Waals surface area (Å²) < 4.78 is 5.67. The molecule has 4 rings (SSSR count). The van der Waals surface area contributed by atoms with Crippen LogP contribution >= 0.6 is 0 Å². The highest BCUT2D eigenvalue weighted by atomic mass is 16.5. The third-order valence-electron chi connectivity index (χ3n) is 7.24. The van der Waals surface area contributed by atoms with E-state index in [0.717, 1.165) is 22.3 Å². The van der Waals surface area contributed by atoms with E-state index >= 15 is 0 Å². The number of aliphatic carboxylic acids is 1. The summed E-state index contributed by atoms with van der Waals surface area (Å²) in [4.78, 5) is 39.1. The lowest BCUT2D eigenvalue weighted by Crippen LogP contribution is -2.54. The molecule has 0 aromatic heterocycles. The van der Waals surface area contributed by atoms with Gasteiger partial charge in [-0.25, -0.2) is 4.79 Å². The van der Waals surface area contributed by atoms with E-state index in [1.807, 2.05) is 52.0 Å². The molecule has 3 atom stereocenters. The Bertz CT molecular complexity index is 1080. The van der Waals surface area contributed by atoms with Crippen LogP contribution in [-0.2, 0) is 14.3 Å². The average Bonchev–Trinajstić information content (AvgIpc) is 3.32. The Hall–Kier alpha value is -3.35. The molecule has 0 bridgehead atoms. The average molecular weight is 479 g/mol. The highest BCUT2D eigenvalue weighted by Crippen LogP contribution is 2.44. The van der Waals surface area contributed by atoms with E-state index in [9.17, 15) is 14.4 Å². The molecule has 2 aromatic rings. The number of amides is 2. The number of nitrogens with one attached hydrogen (secondary N) is 1. The normalized spacial score (nSPS) is 20.2. The Balaban J connectivity index is 1.43. The van der Waals surface area contributed by atoms with E-state index in [1.54, 1.807) is 4.90 Å². The monoisotopic (exact) mass is 478 g/mol. The van der Waals surface area contributed by atoms with Crippen LogP contribution in [0.1, 0.15) is 51.2 Å². The minimum atomic E-state index is -0.861. The summed E-state index contributed by atoms with van der Waals surface area (Å²) in [6, 6.07) is 15.5. The number of ether oxygens (including phenoxy) is 1. The molecule has 3 unspecified atom stereocenters. The van der Waals surface area contributed by atoms with Gasteiger partial charge in [0.05, 0.1) is 6.42 Å². The molecular formula is C28H34N2O5. The minimum Gasteiger partial charge on any atom is -0.481 e. The first kappa shape index (κ1) is 24.8. The van der Waals surface area contributed by atoms with Gasteiger partial charge in [-0.15, -0.1) is 0 Å². The summed E-state index contributed by atoms with van der Waals surface area (Å²) in [6.45, 7) is 8.69.